The Hall–Kier alpha value is -0.560. The van der Waals surface area contributed by atoms with Crippen LogP contribution < -0.4 is 0 Å². The molecular formula is C11H11Br. The zero-order chi connectivity index (χ0) is 8.72. The van der Waals surface area contributed by atoms with Crippen LogP contribution in [0.2, 0.25) is 0 Å². The maximum absolute atomic E-state index is 3.49. The van der Waals surface area contributed by atoms with Crippen molar-refractivity contribution in [3.63, 3.8) is 0 Å². The predicted octanol–water partition coefficient (Wildman–Crippen LogP) is 3.97. The van der Waals surface area contributed by atoms with Gasteiger partial charge in [-0.1, -0.05) is 35.0 Å². The largest absolute Gasteiger partial charge is 0.0737 e. The topological polar surface area (TPSA) is 0 Å². The second kappa shape index (κ2) is 2.74. The van der Waals surface area contributed by atoms with Crippen LogP contribution in [0.3, 0.4) is 0 Å². The van der Waals surface area contributed by atoms with Gasteiger partial charge in [0.25, 0.3) is 0 Å². The van der Waals surface area contributed by atoms with Gasteiger partial charge >= 0.3 is 0 Å². The molecule has 0 amide bonds. The van der Waals surface area contributed by atoms with Crippen LogP contribution in [0.1, 0.15) is 30.9 Å². The lowest BCUT2D eigenvalue weighted by Gasteiger charge is -2.04. The van der Waals surface area contributed by atoms with E-state index in [0.717, 1.165) is 0 Å². The Morgan fingerprint density at radius 1 is 1.33 bits per heavy atom. The normalized spacial score (nSPS) is 20.6. The highest BCUT2D eigenvalue weighted by molar-refractivity contribution is 9.10. The molecule has 0 bridgehead atoms. The Morgan fingerprint density at radius 3 is 2.83 bits per heavy atom. The van der Waals surface area contributed by atoms with Gasteiger partial charge in [-0.25, -0.2) is 0 Å². The number of halogens is 1. The lowest BCUT2D eigenvalue weighted by atomic mass is 10.0. The number of fused-ring (bicyclic) bond motifs is 1. The quantitative estimate of drug-likeness (QED) is 0.624. The molecule has 1 heteroatoms. The fourth-order valence-corrected chi connectivity index (χ4v) is 2.20. The molecule has 1 aromatic carbocycles. The Balaban J connectivity index is 2.61. The summed E-state index contributed by atoms with van der Waals surface area (Å²) in [6.45, 7) is 4.41. The monoisotopic (exact) mass is 222 g/mol. The van der Waals surface area contributed by atoms with Gasteiger partial charge in [0.05, 0.1) is 0 Å². The van der Waals surface area contributed by atoms with Crippen molar-refractivity contribution in [1.29, 1.82) is 0 Å². The Bertz CT molecular complexity index is 350. The number of benzene rings is 1. The first-order valence-corrected chi connectivity index (χ1v) is 4.96. The van der Waals surface area contributed by atoms with Crippen molar-refractivity contribution in [2.45, 2.75) is 19.8 Å². The summed E-state index contributed by atoms with van der Waals surface area (Å²) < 4.78 is 1.18. The molecule has 0 heterocycles. The first-order chi connectivity index (χ1) is 5.68. The summed E-state index contributed by atoms with van der Waals surface area (Å²) in [5, 5.41) is 0. The summed E-state index contributed by atoms with van der Waals surface area (Å²) in [6.07, 6.45) is 2.32. The van der Waals surface area contributed by atoms with Crippen molar-refractivity contribution in [1.82, 2.24) is 0 Å². The van der Waals surface area contributed by atoms with Crippen molar-refractivity contribution in [2.24, 2.45) is 0 Å². The van der Waals surface area contributed by atoms with Gasteiger partial charge in [0, 0.05) is 10.4 Å². The molecule has 0 aliphatic heterocycles. The third kappa shape index (κ3) is 1.13. The fourth-order valence-electron chi connectivity index (χ4n) is 1.82. The number of allylic oxidation sites excluding steroid dienone is 2. The van der Waals surface area contributed by atoms with E-state index < -0.39 is 0 Å². The SMILES string of the molecule is CC1=CC(C)c2cc(Br)ccc21. The van der Waals surface area contributed by atoms with Crippen LogP contribution in [-0.4, -0.2) is 0 Å². The van der Waals surface area contributed by atoms with Crippen LogP contribution in [0.4, 0.5) is 0 Å². The summed E-state index contributed by atoms with van der Waals surface area (Å²) in [6, 6.07) is 6.51. The molecule has 62 valence electrons. The van der Waals surface area contributed by atoms with Gasteiger partial charge < -0.3 is 0 Å². The molecule has 0 nitrogen and oxygen atoms in total. The predicted molar refractivity (Wildman–Crippen MR) is 56.2 cm³/mol. The van der Waals surface area contributed by atoms with Gasteiger partial charge in [0.2, 0.25) is 0 Å². The highest BCUT2D eigenvalue weighted by Crippen LogP contribution is 2.36. The first kappa shape index (κ1) is 8.06. The fraction of sp³-hybridized carbons (Fsp3) is 0.273. The third-order valence-electron chi connectivity index (χ3n) is 2.43. The molecule has 0 radical (unpaired) electrons. The summed E-state index contributed by atoms with van der Waals surface area (Å²) in [4.78, 5) is 0. The molecule has 12 heavy (non-hydrogen) atoms. The number of hydrogen-bond acceptors (Lipinski definition) is 0. The van der Waals surface area contributed by atoms with E-state index in [4.69, 9.17) is 0 Å². The van der Waals surface area contributed by atoms with Gasteiger partial charge in [-0.05, 0) is 35.8 Å². The summed E-state index contributed by atoms with van der Waals surface area (Å²) in [5.41, 5.74) is 4.26. The molecule has 0 spiro atoms. The van der Waals surface area contributed by atoms with E-state index in [2.05, 4.69) is 54.1 Å². The lowest BCUT2D eigenvalue weighted by Crippen LogP contribution is -1.86. The van der Waals surface area contributed by atoms with E-state index in [1.807, 2.05) is 0 Å². The summed E-state index contributed by atoms with van der Waals surface area (Å²) in [7, 11) is 0. The second-order valence-electron chi connectivity index (χ2n) is 3.37. The third-order valence-corrected chi connectivity index (χ3v) is 2.92. The molecule has 2 rings (SSSR count). The van der Waals surface area contributed by atoms with Gasteiger partial charge in [0.15, 0.2) is 0 Å². The highest BCUT2D eigenvalue weighted by atomic mass is 79.9. The van der Waals surface area contributed by atoms with Crippen LogP contribution in [0.15, 0.2) is 28.7 Å². The molecule has 0 aromatic heterocycles. The van der Waals surface area contributed by atoms with Crippen molar-refractivity contribution in [2.75, 3.05) is 0 Å². The standard InChI is InChI=1S/C11H11Br/c1-7-5-8(2)11-6-9(12)3-4-10(7)11/h3-6,8H,1-2H3. The Morgan fingerprint density at radius 2 is 2.08 bits per heavy atom. The average molecular weight is 223 g/mol. The lowest BCUT2D eigenvalue weighted by molar-refractivity contribution is 0.988. The van der Waals surface area contributed by atoms with E-state index in [1.165, 1.54) is 21.2 Å². The van der Waals surface area contributed by atoms with Gasteiger partial charge in [-0.15, -0.1) is 0 Å². The molecule has 1 aromatic rings. The molecular weight excluding hydrogens is 212 g/mol. The van der Waals surface area contributed by atoms with E-state index >= 15 is 0 Å². The molecule has 1 aliphatic rings. The Labute approximate surface area is 81.4 Å². The van der Waals surface area contributed by atoms with Gasteiger partial charge in [-0.3, -0.25) is 0 Å². The molecule has 1 unspecified atom stereocenters. The number of rotatable bonds is 0. The van der Waals surface area contributed by atoms with Crippen LogP contribution in [-0.2, 0) is 0 Å². The second-order valence-corrected chi connectivity index (χ2v) is 4.29. The highest BCUT2D eigenvalue weighted by Gasteiger charge is 2.16. The smallest absolute Gasteiger partial charge is 0.0178 e. The van der Waals surface area contributed by atoms with E-state index in [1.54, 1.807) is 0 Å². The molecule has 0 N–H and O–H groups in total. The minimum absolute atomic E-state index is 0.581. The van der Waals surface area contributed by atoms with E-state index in [-0.39, 0.29) is 0 Å². The van der Waals surface area contributed by atoms with Crippen LogP contribution >= 0.6 is 15.9 Å². The summed E-state index contributed by atoms with van der Waals surface area (Å²) in [5.74, 6) is 0.581. The molecule has 0 fully saturated rings. The average Bonchev–Trinajstić information content (AvgIpc) is 2.28. The Kier molecular flexibility index (Phi) is 1.84. The maximum Gasteiger partial charge on any atom is 0.0178 e. The van der Waals surface area contributed by atoms with Gasteiger partial charge in [-0.2, -0.15) is 0 Å². The van der Waals surface area contributed by atoms with Crippen molar-refractivity contribution >= 4 is 21.5 Å². The number of hydrogen-bond donors (Lipinski definition) is 0. The van der Waals surface area contributed by atoms with Crippen molar-refractivity contribution in [3.8, 4) is 0 Å². The molecule has 0 saturated heterocycles. The van der Waals surface area contributed by atoms with Crippen LogP contribution in [0, 0.1) is 0 Å². The molecule has 1 aliphatic carbocycles. The minimum Gasteiger partial charge on any atom is -0.0737 e. The summed E-state index contributed by atoms with van der Waals surface area (Å²) >= 11 is 3.49. The van der Waals surface area contributed by atoms with E-state index in [9.17, 15) is 0 Å². The van der Waals surface area contributed by atoms with Crippen molar-refractivity contribution < 1.29 is 0 Å². The van der Waals surface area contributed by atoms with E-state index in [0.29, 0.717) is 5.92 Å². The first-order valence-electron chi connectivity index (χ1n) is 4.17. The molecule has 1 atom stereocenters. The van der Waals surface area contributed by atoms with Crippen molar-refractivity contribution in [3.05, 3.63) is 39.9 Å². The van der Waals surface area contributed by atoms with Crippen LogP contribution in [0.5, 0.6) is 0 Å². The maximum atomic E-state index is 3.49. The minimum atomic E-state index is 0.581. The zero-order valence-corrected chi connectivity index (χ0v) is 8.85. The molecule has 0 saturated carbocycles. The van der Waals surface area contributed by atoms with Crippen LogP contribution in [0.25, 0.3) is 5.57 Å². The zero-order valence-electron chi connectivity index (χ0n) is 7.26. The van der Waals surface area contributed by atoms with Gasteiger partial charge in [0.1, 0.15) is 0 Å².